The number of ether oxygens (including phenoxy) is 1. The molecular formula is C17H25N7O. The predicted octanol–water partition coefficient (Wildman–Crippen LogP) is 0.265. The van der Waals surface area contributed by atoms with Gasteiger partial charge in [-0.05, 0) is 17.7 Å². The van der Waals surface area contributed by atoms with Crippen molar-refractivity contribution < 1.29 is 4.74 Å². The number of hydrogen-bond acceptors (Lipinski definition) is 5. The summed E-state index contributed by atoms with van der Waals surface area (Å²) in [6, 6.07) is 8.21. The fourth-order valence-corrected chi connectivity index (χ4v) is 2.67. The molecule has 3 rings (SSSR count). The highest BCUT2D eigenvalue weighted by atomic mass is 16.5. The molecule has 0 radical (unpaired) electrons. The summed E-state index contributed by atoms with van der Waals surface area (Å²) in [5, 5.41) is 10.8. The molecule has 8 heteroatoms. The Morgan fingerprint density at radius 3 is 2.68 bits per heavy atom. The number of rotatable bonds is 6. The minimum absolute atomic E-state index is 0.717. The van der Waals surface area contributed by atoms with Gasteiger partial charge in [-0.15, -0.1) is 0 Å². The zero-order chi connectivity index (χ0) is 17.3. The summed E-state index contributed by atoms with van der Waals surface area (Å²) >= 11 is 0. The molecule has 2 N–H and O–H groups in total. The second-order valence-corrected chi connectivity index (χ2v) is 5.81. The Hall–Kier alpha value is -2.45. The Bertz CT molecular complexity index is 648. The van der Waals surface area contributed by atoms with Crippen LogP contribution in [0.15, 0.2) is 41.9 Å². The van der Waals surface area contributed by atoms with Crippen LogP contribution >= 0.6 is 0 Å². The minimum Gasteiger partial charge on any atom is -0.379 e. The molecule has 2 heterocycles. The van der Waals surface area contributed by atoms with Gasteiger partial charge in [0.25, 0.3) is 0 Å². The maximum atomic E-state index is 5.36. The minimum atomic E-state index is 0.717. The van der Waals surface area contributed by atoms with E-state index in [4.69, 9.17) is 4.74 Å². The number of hydrogen-bond donors (Lipinski definition) is 2. The Kier molecular flexibility index (Phi) is 6.35. The lowest BCUT2D eigenvalue weighted by molar-refractivity contribution is 0.0389. The summed E-state index contributed by atoms with van der Waals surface area (Å²) in [5.74, 6) is 0.814. The number of benzene rings is 1. The molecule has 2 aromatic rings. The fourth-order valence-electron chi connectivity index (χ4n) is 2.67. The van der Waals surface area contributed by atoms with Crippen molar-refractivity contribution in [1.29, 1.82) is 0 Å². The molecular weight excluding hydrogens is 318 g/mol. The molecule has 1 aliphatic rings. The molecule has 8 nitrogen and oxygen atoms in total. The maximum absolute atomic E-state index is 5.36. The topological polar surface area (TPSA) is 79.6 Å². The molecule has 0 atom stereocenters. The Morgan fingerprint density at radius 1 is 1.20 bits per heavy atom. The quantitative estimate of drug-likeness (QED) is 0.579. The zero-order valence-electron chi connectivity index (χ0n) is 14.6. The van der Waals surface area contributed by atoms with E-state index in [9.17, 15) is 0 Å². The third kappa shape index (κ3) is 5.27. The molecule has 0 saturated carbocycles. The molecule has 0 spiro atoms. The second-order valence-electron chi connectivity index (χ2n) is 5.81. The Labute approximate surface area is 147 Å². The maximum Gasteiger partial charge on any atom is 0.191 e. The number of nitrogens with zero attached hydrogens (tertiary/aromatic N) is 5. The fraction of sp³-hybridized carbons (Fsp3) is 0.471. The van der Waals surface area contributed by atoms with E-state index in [1.54, 1.807) is 18.1 Å². The second kappa shape index (κ2) is 9.14. The molecule has 1 aromatic carbocycles. The molecule has 1 saturated heterocycles. The van der Waals surface area contributed by atoms with Crippen LogP contribution in [0.4, 0.5) is 0 Å². The van der Waals surface area contributed by atoms with Crippen molar-refractivity contribution >= 4 is 5.96 Å². The molecule has 0 unspecified atom stereocenters. The van der Waals surface area contributed by atoms with E-state index in [1.165, 1.54) is 11.9 Å². The first-order valence-corrected chi connectivity index (χ1v) is 8.54. The van der Waals surface area contributed by atoms with E-state index in [1.807, 2.05) is 12.1 Å². The van der Waals surface area contributed by atoms with Crippen molar-refractivity contribution in [3.8, 4) is 5.69 Å². The molecule has 1 aromatic heterocycles. The highest BCUT2D eigenvalue weighted by molar-refractivity contribution is 5.79. The van der Waals surface area contributed by atoms with Gasteiger partial charge in [-0.3, -0.25) is 9.89 Å². The average Bonchev–Trinajstić information content (AvgIpc) is 3.20. The van der Waals surface area contributed by atoms with E-state index < -0.39 is 0 Å². The van der Waals surface area contributed by atoms with Crippen LogP contribution in [0.5, 0.6) is 0 Å². The number of aromatic nitrogens is 3. The monoisotopic (exact) mass is 343 g/mol. The lowest BCUT2D eigenvalue weighted by Gasteiger charge is -2.26. The van der Waals surface area contributed by atoms with Crippen molar-refractivity contribution in [3.05, 3.63) is 42.5 Å². The van der Waals surface area contributed by atoms with Crippen LogP contribution in [-0.4, -0.2) is 72.1 Å². The van der Waals surface area contributed by atoms with Gasteiger partial charge in [0.05, 0.1) is 18.9 Å². The van der Waals surface area contributed by atoms with E-state index in [0.717, 1.165) is 57.6 Å². The summed E-state index contributed by atoms with van der Waals surface area (Å²) in [6.07, 6.45) is 3.22. The van der Waals surface area contributed by atoms with Gasteiger partial charge in [0.2, 0.25) is 0 Å². The highest BCUT2D eigenvalue weighted by Crippen LogP contribution is 2.07. The lowest BCUT2D eigenvalue weighted by atomic mass is 10.2. The normalized spacial score (nSPS) is 16.0. The number of nitrogens with one attached hydrogen (secondary N) is 2. The first kappa shape index (κ1) is 17.4. The van der Waals surface area contributed by atoms with E-state index in [-0.39, 0.29) is 0 Å². The van der Waals surface area contributed by atoms with Crippen LogP contribution < -0.4 is 10.6 Å². The van der Waals surface area contributed by atoms with Crippen molar-refractivity contribution in [2.75, 3.05) is 46.4 Å². The summed E-state index contributed by atoms with van der Waals surface area (Å²) in [4.78, 5) is 10.6. The predicted molar refractivity (Wildman–Crippen MR) is 96.8 cm³/mol. The number of aliphatic imine (C=N–C) groups is 1. The summed E-state index contributed by atoms with van der Waals surface area (Å²) in [5.41, 5.74) is 2.18. The summed E-state index contributed by atoms with van der Waals surface area (Å²) < 4.78 is 7.10. The first-order valence-electron chi connectivity index (χ1n) is 8.54. The van der Waals surface area contributed by atoms with Gasteiger partial charge < -0.3 is 15.4 Å². The zero-order valence-corrected chi connectivity index (χ0v) is 14.6. The third-order valence-electron chi connectivity index (χ3n) is 4.13. The lowest BCUT2D eigenvalue weighted by Crippen LogP contribution is -2.44. The summed E-state index contributed by atoms with van der Waals surface area (Å²) in [7, 11) is 1.79. The smallest absolute Gasteiger partial charge is 0.191 e. The average molecular weight is 343 g/mol. The summed E-state index contributed by atoms with van der Waals surface area (Å²) in [6.45, 7) is 6.25. The molecule has 0 bridgehead atoms. The number of morpholine rings is 1. The molecule has 1 aliphatic heterocycles. The van der Waals surface area contributed by atoms with Crippen LogP contribution in [0.3, 0.4) is 0 Å². The van der Waals surface area contributed by atoms with Crippen molar-refractivity contribution in [2.45, 2.75) is 6.54 Å². The van der Waals surface area contributed by atoms with Crippen LogP contribution in [0.1, 0.15) is 5.56 Å². The van der Waals surface area contributed by atoms with Crippen LogP contribution in [0.2, 0.25) is 0 Å². The SMILES string of the molecule is CN=C(NCCN1CCOCC1)NCc1ccc(-n2cncn2)cc1. The van der Waals surface area contributed by atoms with Gasteiger partial charge in [0, 0.05) is 39.8 Å². The van der Waals surface area contributed by atoms with Gasteiger partial charge in [0.15, 0.2) is 5.96 Å². The molecule has 0 aliphatic carbocycles. The van der Waals surface area contributed by atoms with E-state index >= 15 is 0 Å². The van der Waals surface area contributed by atoms with Crippen LogP contribution in [-0.2, 0) is 11.3 Å². The molecule has 0 amide bonds. The largest absolute Gasteiger partial charge is 0.379 e. The van der Waals surface area contributed by atoms with Gasteiger partial charge in [0.1, 0.15) is 12.7 Å². The number of guanidine groups is 1. The van der Waals surface area contributed by atoms with Gasteiger partial charge in [-0.2, -0.15) is 5.10 Å². The van der Waals surface area contributed by atoms with Gasteiger partial charge >= 0.3 is 0 Å². The molecule has 1 fully saturated rings. The van der Waals surface area contributed by atoms with Gasteiger partial charge in [-0.1, -0.05) is 12.1 Å². The third-order valence-corrected chi connectivity index (χ3v) is 4.13. The van der Waals surface area contributed by atoms with Crippen molar-refractivity contribution in [2.24, 2.45) is 4.99 Å². The Balaban J connectivity index is 1.41. The van der Waals surface area contributed by atoms with Crippen LogP contribution in [0.25, 0.3) is 5.69 Å². The standard InChI is InChI=1S/C17H25N7O/c1-18-17(20-6-7-23-8-10-25-11-9-23)21-12-15-2-4-16(5-3-15)24-14-19-13-22-24/h2-5,13-14H,6-12H2,1H3,(H2,18,20,21). The first-order chi connectivity index (χ1) is 12.3. The van der Waals surface area contributed by atoms with Crippen LogP contribution in [0, 0.1) is 0 Å². The van der Waals surface area contributed by atoms with Gasteiger partial charge in [-0.25, -0.2) is 9.67 Å². The molecule has 134 valence electrons. The highest BCUT2D eigenvalue weighted by Gasteiger charge is 2.09. The van der Waals surface area contributed by atoms with E-state index in [0.29, 0.717) is 0 Å². The Morgan fingerprint density at radius 2 is 2.00 bits per heavy atom. The van der Waals surface area contributed by atoms with Crippen molar-refractivity contribution in [3.63, 3.8) is 0 Å². The van der Waals surface area contributed by atoms with E-state index in [2.05, 4.69) is 42.7 Å². The van der Waals surface area contributed by atoms with Crippen molar-refractivity contribution in [1.82, 2.24) is 30.3 Å². The molecule has 25 heavy (non-hydrogen) atoms.